The van der Waals surface area contributed by atoms with Gasteiger partial charge in [0.2, 0.25) is 5.90 Å². The van der Waals surface area contributed by atoms with Gasteiger partial charge in [0.05, 0.1) is 11.9 Å². The first-order chi connectivity index (χ1) is 11.8. The van der Waals surface area contributed by atoms with E-state index in [1.54, 1.807) is 12.3 Å². The molecular formula is C18H12N4O2. The molecule has 116 valence electrons. The fourth-order valence-corrected chi connectivity index (χ4v) is 2.28. The van der Waals surface area contributed by atoms with Crippen LogP contribution in [-0.2, 0) is 9.53 Å². The number of cyclic esters (lactones) is 1. The lowest BCUT2D eigenvalue weighted by atomic mass is 10.2. The number of rotatable bonds is 3. The number of carbonyl (C=O) groups excluding carboxylic acids is 1. The zero-order valence-electron chi connectivity index (χ0n) is 12.5. The van der Waals surface area contributed by atoms with Gasteiger partial charge in [0.1, 0.15) is 5.69 Å². The van der Waals surface area contributed by atoms with Gasteiger partial charge in [-0.3, -0.25) is 0 Å². The summed E-state index contributed by atoms with van der Waals surface area (Å²) in [5, 5.41) is 8.52. The minimum Gasteiger partial charge on any atom is -0.402 e. The molecule has 0 spiro atoms. The summed E-state index contributed by atoms with van der Waals surface area (Å²) in [5.41, 5.74) is 2.32. The second-order valence-corrected chi connectivity index (χ2v) is 5.10. The molecule has 6 nitrogen and oxygen atoms in total. The minimum atomic E-state index is -0.497. The van der Waals surface area contributed by atoms with Crippen molar-refractivity contribution in [1.82, 2.24) is 15.0 Å². The predicted octanol–water partition coefficient (Wildman–Crippen LogP) is 2.61. The molecule has 6 heteroatoms. The van der Waals surface area contributed by atoms with Gasteiger partial charge < -0.3 is 4.74 Å². The molecule has 0 radical (unpaired) electrons. The molecule has 24 heavy (non-hydrogen) atoms. The monoisotopic (exact) mass is 316 g/mol. The summed E-state index contributed by atoms with van der Waals surface area (Å²) >= 11 is 0. The van der Waals surface area contributed by atoms with Crippen molar-refractivity contribution in [2.75, 3.05) is 0 Å². The number of hydrogen-bond acceptors (Lipinski definition) is 5. The van der Waals surface area contributed by atoms with Gasteiger partial charge in [0, 0.05) is 11.6 Å². The van der Waals surface area contributed by atoms with E-state index in [0.29, 0.717) is 11.6 Å². The maximum absolute atomic E-state index is 12.0. The van der Waals surface area contributed by atoms with Gasteiger partial charge in [-0.05, 0) is 24.3 Å². The van der Waals surface area contributed by atoms with Crippen LogP contribution in [0, 0.1) is 0 Å². The number of esters is 1. The highest BCUT2D eigenvalue weighted by atomic mass is 16.6. The lowest BCUT2D eigenvalue weighted by Gasteiger charge is -1.97. The summed E-state index contributed by atoms with van der Waals surface area (Å²) in [7, 11) is 0. The van der Waals surface area contributed by atoms with Crippen molar-refractivity contribution in [3.05, 3.63) is 83.8 Å². The highest BCUT2D eigenvalue weighted by Gasteiger charge is 2.24. The number of aliphatic imine (C=N–C) groups is 1. The molecule has 0 aliphatic carbocycles. The van der Waals surface area contributed by atoms with Crippen molar-refractivity contribution in [1.29, 1.82) is 0 Å². The predicted molar refractivity (Wildman–Crippen MR) is 88.4 cm³/mol. The Kier molecular flexibility index (Phi) is 3.47. The van der Waals surface area contributed by atoms with Crippen molar-refractivity contribution in [2.45, 2.75) is 0 Å². The Morgan fingerprint density at radius 2 is 1.67 bits per heavy atom. The van der Waals surface area contributed by atoms with E-state index in [2.05, 4.69) is 15.2 Å². The Morgan fingerprint density at radius 1 is 0.958 bits per heavy atom. The molecule has 4 rings (SSSR count). The number of para-hydroxylation sites is 1. The maximum Gasteiger partial charge on any atom is 0.363 e. The van der Waals surface area contributed by atoms with Crippen LogP contribution >= 0.6 is 0 Å². The Balaban J connectivity index is 1.63. The second-order valence-electron chi connectivity index (χ2n) is 5.10. The maximum atomic E-state index is 12.0. The average Bonchev–Trinajstić information content (AvgIpc) is 3.24. The minimum absolute atomic E-state index is 0.203. The second kappa shape index (κ2) is 5.92. The standard InChI is InChI=1S/C18H12N4O2/c23-18-16(20-17(24-18)13-7-3-1-4-8-13)11-14-12-19-22(21-14)15-9-5-2-6-10-15/h1-12H/b16-11-. The van der Waals surface area contributed by atoms with Crippen LogP contribution in [0.1, 0.15) is 11.3 Å². The first-order valence-corrected chi connectivity index (χ1v) is 7.35. The summed E-state index contributed by atoms with van der Waals surface area (Å²) < 4.78 is 5.21. The summed E-state index contributed by atoms with van der Waals surface area (Å²) in [6, 6.07) is 18.8. The zero-order valence-corrected chi connectivity index (χ0v) is 12.5. The van der Waals surface area contributed by atoms with E-state index >= 15 is 0 Å². The largest absolute Gasteiger partial charge is 0.402 e. The molecule has 1 aromatic heterocycles. The summed E-state index contributed by atoms with van der Waals surface area (Å²) in [6.07, 6.45) is 3.13. The number of aromatic nitrogens is 3. The Labute approximate surface area is 137 Å². The molecule has 0 atom stereocenters. The Morgan fingerprint density at radius 3 is 2.42 bits per heavy atom. The van der Waals surface area contributed by atoms with Crippen LogP contribution in [0.15, 0.2) is 77.5 Å². The van der Waals surface area contributed by atoms with Gasteiger partial charge in [-0.25, -0.2) is 9.79 Å². The SMILES string of the molecule is O=C1OC(c2ccccc2)=N/C1=C\c1cnn(-c2ccccc2)n1. The van der Waals surface area contributed by atoms with Crippen LogP contribution in [0.4, 0.5) is 0 Å². The van der Waals surface area contributed by atoms with Crippen molar-refractivity contribution in [3.8, 4) is 5.69 Å². The summed E-state index contributed by atoms with van der Waals surface area (Å²) in [6.45, 7) is 0. The number of hydrogen-bond donors (Lipinski definition) is 0. The van der Waals surface area contributed by atoms with Crippen LogP contribution < -0.4 is 0 Å². The molecule has 0 fully saturated rings. The van der Waals surface area contributed by atoms with E-state index in [9.17, 15) is 4.79 Å². The third-order valence-electron chi connectivity index (χ3n) is 3.42. The van der Waals surface area contributed by atoms with Gasteiger partial charge in [-0.15, -0.1) is 5.10 Å². The molecule has 1 aliphatic rings. The highest BCUT2D eigenvalue weighted by Crippen LogP contribution is 2.18. The van der Waals surface area contributed by atoms with Crippen molar-refractivity contribution >= 4 is 17.9 Å². The van der Waals surface area contributed by atoms with Gasteiger partial charge in [0.25, 0.3) is 0 Å². The van der Waals surface area contributed by atoms with Gasteiger partial charge in [-0.2, -0.15) is 9.90 Å². The van der Waals surface area contributed by atoms with Gasteiger partial charge in [-0.1, -0.05) is 36.4 Å². The van der Waals surface area contributed by atoms with E-state index in [1.165, 1.54) is 4.80 Å². The average molecular weight is 316 g/mol. The molecule has 1 aliphatic heterocycles. The van der Waals surface area contributed by atoms with Crippen LogP contribution in [0.3, 0.4) is 0 Å². The Hall–Kier alpha value is -3.54. The Bertz CT molecular complexity index is 943. The molecule has 0 N–H and O–H groups in total. The van der Waals surface area contributed by atoms with Crippen LogP contribution in [0.25, 0.3) is 11.8 Å². The lowest BCUT2D eigenvalue weighted by molar-refractivity contribution is -0.129. The van der Waals surface area contributed by atoms with Crippen LogP contribution in [-0.4, -0.2) is 26.9 Å². The first kappa shape index (κ1) is 14.1. The number of ether oxygens (including phenoxy) is 1. The molecule has 3 aromatic rings. The van der Waals surface area contributed by atoms with Gasteiger partial charge >= 0.3 is 5.97 Å². The smallest absolute Gasteiger partial charge is 0.363 e. The molecule has 0 saturated heterocycles. The van der Waals surface area contributed by atoms with E-state index in [1.807, 2.05) is 60.7 Å². The fourth-order valence-electron chi connectivity index (χ4n) is 2.28. The molecule has 2 aromatic carbocycles. The lowest BCUT2D eigenvalue weighted by Crippen LogP contribution is -2.05. The molecule has 0 bridgehead atoms. The van der Waals surface area contributed by atoms with E-state index < -0.39 is 5.97 Å². The molecule has 0 unspecified atom stereocenters. The first-order valence-electron chi connectivity index (χ1n) is 7.35. The summed E-state index contributed by atoms with van der Waals surface area (Å²) in [5.74, 6) is -0.203. The highest BCUT2D eigenvalue weighted by molar-refractivity contribution is 6.12. The third kappa shape index (κ3) is 2.72. The van der Waals surface area contributed by atoms with Crippen LogP contribution in [0.5, 0.6) is 0 Å². The molecule has 0 saturated carbocycles. The number of benzene rings is 2. The van der Waals surface area contributed by atoms with Crippen molar-refractivity contribution in [2.24, 2.45) is 4.99 Å². The molecule has 0 amide bonds. The normalized spacial score (nSPS) is 15.4. The molecule has 2 heterocycles. The quantitative estimate of drug-likeness (QED) is 0.550. The van der Waals surface area contributed by atoms with Gasteiger partial charge in [0.15, 0.2) is 5.70 Å². The summed E-state index contributed by atoms with van der Waals surface area (Å²) in [4.78, 5) is 17.7. The number of nitrogens with zero attached hydrogens (tertiary/aromatic N) is 4. The third-order valence-corrected chi connectivity index (χ3v) is 3.42. The van der Waals surface area contributed by atoms with Crippen molar-refractivity contribution in [3.63, 3.8) is 0 Å². The van der Waals surface area contributed by atoms with Crippen molar-refractivity contribution < 1.29 is 9.53 Å². The molecular weight excluding hydrogens is 304 g/mol. The fraction of sp³-hybridized carbons (Fsp3) is 0. The van der Waals surface area contributed by atoms with Crippen LogP contribution in [0.2, 0.25) is 0 Å². The number of carbonyl (C=O) groups is 1. The van der Waals surface area contributed by atoms with E-state index in [0.717, 1.165) is 11.3 Å². The topological polar surface area (TPSA) is 69.4 Å². The van der Waals surface area contributed by atoms with E-state index in [-0.39, 0.29) is 5.70 Å². The van der Waals surface area contributed by atoms with E-state index in [4.69, 9.17) is 4.74 Å². The zero-order chi connectivity index (χ0) is 16.4.